The summed E-state index contributed by atoms with van der Waals surface area (Å²) in [6, 6.07) is 0. The highest BCUT2D eigenvalue weighted by Gasteiger charge is 2.55. The second kappa shape index (κ2) is 6.49. The number of nitrogens with zero attached hydrogens (tertiary/aromatic N) is 2. The van der Waals surface area contributed by atoms with Gasteiger partial charge in [0, 0.05) is 33.7 Å². The Morgan fingerprint density at radius 1 is 1.33 bits per heavy atom. The molecule has 1 fully saturated rings. The van der Waals surface area contributed by atoms with Gasteiger partial charge in [0.15, 0.2) is 0 Å². The summed E-state index contributed by atoms with van der Waals surface area (Å²) in [6.45, 7) is 1.04. The SMILES string of the molecule is CCNC(=O)CN1C[C@H](C(F)(F)F)[C@@H](S(=O)(=O)N(C)C)C1. The lowest BCUT2D eigenvalue weighted by atomic mass is 10.1. The Morgan fingerprint density at radius 3 is 2.33 bits per heavy atom. The van der Waals surface area contributed by atoms with Gasteiger partial charge in [-0.3, -0.25) is 9.69 Å². The molecule has 124 valence electrons. The van der Waals surface area contributed by atoms with Crippen molar-refractivity contribution < 1.29 is 26.4 Å². The highest BCUT2D eigenvalue weighted by Crippen LogP contribution is 2.37. The molecule has 0 aliphatic carbocycles. The number of alkyl halides is 3. The molecule has 0 aromatic rings. The van der Waals surface area contributed by atoms with E-state index >= 15 is 0 Å². The van der Waals surface area contributed by atoms with Crippen LogP contribution in [0.2, 0.25) is 0 Å². The Morgan fingerprint density at radius 2 is 1.90 bits per heavy atom. The van der Waals surface area contributed by atoms with Gasteiger partial charge in [-0.15, -0.1) is 0 Å². The minimum Gasteiger partial charge on any atom is -0.355 e. The van der Waals surface area contributed by atoms with Crippen LogP contribution in [0.4, 0.5) is 13.2 Å². The van der Waals surface area contributed by atoms with E-state index in [1.807, 2.05) is 0 Å². The largest absolute Gasteiger partial charge is 0.394 e. The second-order valence-electron chi connectivity index (χ2n) is 5.16. The van der Waals surface area contributed by atoms with Gasteiger partial charge in [-0.2, -0.15) is 13.2 Å². The van der Waals surface area contributed by atoms with Crippen molar-refractivity contribution in [3.63, 3.8) is 0 Å². The van der Waals surface area contributed by atoms with Crippen LogP contribution >= 0.6 is 0 Å². The lowest BCUT2D eigenvalue weighted by Gasteiger charge is -2.24. The van der Waals surface area contributed by atoms with Crippen LogP contribution in [0, 0.1) is 5.92 Å². The first kappa shape index (κ1) is 18.2. The van der Waals surface area contributed by atoms with Gasteiger partial charge in [0.2, 0.25) is 15.9 Å². The number of amides is 1. The van der Waals surface area contributed by atoms with Gasteiger partial charge < -0.3 is 5.32 Å². The summed E-state index contributed by atoms with van der Waals surface area (Å²) in [4.78, 5) is 12.7. The van der Waals surface area contributed by atoms with E-state index in [9.17, 15) is 26.4 Å². The first-order chi connectivity index (χ1) is 9.50. The maximum Gasteiger partial charge on any atom is 0.394 e. The number of halogens is 3. The maximum atomic E-state index is 13.1. The molecule has 0 radical (unpaired) electrons. The first-order valence-electron chi connectivity index (χ1n) is 6.47. The molecule has 1 saturated heterocycles. The minimum absolute atomic E-state index is 0.236. The lowest BCUT2D eigenvalue weighted by molar-refractivity contribution is -0.170. The van der Waals surface area contributed by atoms with Crippen molar-refractivity contribution in [2.75, 3.05) is 40.3 Å². The van der Waals surface area contributed by atoms with E-state index in [-0.39, 0.29) is 13.1 Å². The van der Waals surface area contributed by atoms with Gasteiger partial charge in [-0.1, -0.05) is 0 Å². The molecule has 0 bridgehead atoms. The molecule has 0 spiro atoms. The fourth-order valence-corrected chi connectivity index (χ4v) is 3.92. The van der Waals surface area contributed by atoms with Gasteiger partial charge in [0.1, 0.15) is 5.25 Å². The molecule has 10 heteroatoms. The molecule has 1 aliphatic rings. The summed E-state index contributed by atoms with van der Waals surface area (Å²) < 4.78 is 64.0. The van der Waals surface area contributed by atoms with Crippen LogP contribution in [0.5, 0.6) is 0 Å². The average molecular weight is 331 g/mol. The van der Waals surface area contributed by atoms with Crippen LogP contribution in [-0.2, 0) is 14.8 Å². The summed E-state index contributed by atoms with van der Waals surface area (Å²) in [5.74, 6) is -2.40. The Kier molecular flexibility index (Phi) is 5.62. The Balaban J connectivity index is 2.94. The minimum atomic E-state index is -4.62. The molecular weight excluding hydrogens is 311 g/mol. The quantitative estimate of drug-likeness (QED) is 0.762. The van der Waals surface area contributed by atoms with E-state index in [0.29, 0.717) is 6.54 Å². The third kappa shape index (κ3) is 4.30. The van der Waals surface area contributed by atoms with E-state index in [1.54, 1.807) is 6.92 Å². The number of likely N-dealkylation sites (tertiary alicyclic amines) is 1. The molecule has 2 atom stereocenters. The molecule has 6 nitrogen and oxygen atoms in total. The molecule has 0 aromatic heterocycles. The fourth-order valence-electron chi connectivity index (χ4n) is 2.32. The van der Waals surface area contributed by atoms with E-state index in [2.05, 4.69) is 5.32 Å². The van der Waals surface area contributed by atoms with E-state index in [4.69, 9.17) is 0 Å². The summed E-state index contributed by atoms with van der Waals surface area (Å²) in [5, 5.41) is 0.899. The summed E-state index contributed by atoms with van der Waals surface area (Å²) >= 11 is 0. The predicted molar refractivity (Wildman–Crippen MR) is 71.1 cm³/mol. The lowest BCUT2D eigenvalue weighted by Crippen LogP contribution is -2.43. The number of rotatable bonds is 5. The summed E-state index contributed by atoms with van der Waals surface area (Å²) in [6.07, 6.45) is -4.62. The highest BCUT2D eigenvalue weighted by molar-refractivity contribution is 7.89. The third-order valence-corrected chi connectivity index (χ3v) is 5.66. The Labute approximate surface area is 122 Å². The van der Waals surface area contributed by atoms with E-state index < -0.39 is 39.8 Å². The van der Waals surface area contributed by atoms with Crippen LogP contribution in [0.25, 0.3) is 0 Å². The van der Waals surface area contributed by atoms with Gasteiger partial charge >= 0.3 is 6.18 Å². The van der Waals surface area contributed by atoms with Crippen molar-refractivity contribution in [3.05, 3.63) is 0 Å². The van der Waals surface area contributed by atoms with Crippen molar-refractivity contribution in [3.8, 4) is 0 Å². The highest BCUT2D eigenvalue weighted by atomic mass is 32.2. The van der Waals surface area contributed by atoms with Gasteiger partial charge in [-0.25, -0.2) is 12.7 Å². The number of sulfonamides is 1. The van der Waals surface area contributed by atoms with Gasteiger partial charge in [0.05, 0.1) is 12.5 Å². The molecule has 1 amide bonds. The topological polar surface area (TPSA) is 69.7 Å². The summed E-state index contributed by atoms with van der Waals surface area (Å²) in [7, 11) is -1.64. The maximum absolute atomic E-state index is 13.1. The van der Waals surface area contributed by atoms with Crippen LogP contribution in [0.15, 0.2) is 0 Å². The average Bonchev–Trinajstić information content (AvgIpc) is 2.73. The van der Waals surface area contributed by atoms with Crippen LogP contribution in [0.1, 0.15) is 6.92 Å². The number of likely N-dealkylation sites (N-methyl/N-ethyl adjacent to an activating group) is 1. The number of hydrogen-bond donors (Lipinski definition) is 1. The zero-order valence-electron chi connectivity index (χ0n) is 12.1. The molecule has 0 aromatic carbocycles. The molecular formula is C11H20F3N3O3S. The van der Waals surface area contributed by atoms with E-state index in [1.165, 1.54) is 19.0 Å². The zero-order valence-corrected chi connectivity index (χ0v) is 13.0. The summed E-state index contributed by atoms with van der Waals surface area (Å²) in [5.41, 5.74) is 0. The second-order valence-corrected chi connectivity index (χ2v) is 7.53. The van der Waals surface area contributed by atoms with Gasteiger partial charge in [-0.05, 0) is 6.92 Å². The van der Waals surface area contributed by atoms with Crippen molar-refractivity contribution in [1.82, 2.24) is 14.5 Å². The van der Waals surface area contributed by atoms with Crippen molar-refractivity contribution >= 4 is 15.9 Å². The van der Waals surface area contributed by atoms with Gasteiger partial charge in [0.25, 0.3) is 0 Å². The molecule has 1 N–H and O–H groups in total. The molecule has 1 heterocycles. The van der Waals surface area contributed by atoms with E-state index in [0.717, 1.165) is 4.31 Å². The van der Waals surface area contributed by atoms with Crippen molar-refractivity contribution in [1.29, 1.82) is 0 Å². The third-order valence-electron chi connectivity index (χ3n) is 3.39. The molecule has 1 aliphatic heterocycles. The van der Waals surface area contributed by atoms with Crippen molar-refractivity contribution in [2.45, 2.75) is 18.3 Å². The number of carbonyl (C=O) groups excluding carboxylic acids is 1. The van der Waals surface area contributed by atoms with Crippen LogP contribution < -0.4 is 5.32 Å². The number of nitrogens with one attached hydrogen (secondary N) is 1. The van der Waals surface area contributed by atoms with Crippen LogP contribution in [0.3, 0.4) is 0 Å². The zero-order chi connectivity index (χ0) is 16.4. The number of hydrogen-bond acceptors (Lipinski definition) is 4. The van der Waals surface area contributed by atoms with Crippen LogP contribution in [-0.4, -0.2) is 75.2 Å². The molecule has 21 heavy (non-hydrogen) atoms. The standard InChI is InChI=1S/C11H20F3N3O3S/c1-4-15-10(18)7-17-5-8(11(12,13)14)9(6-17)21(19,20)16(2)3/h8-9H,4-7H2,1-3H3,(H,15,18)/t8-,9-/m0/s1. The molecule has 0 saturated carbocycles. The fraction of sp³-hybridized carbons (Fsp3) is 0.909. The Hall–Kier alpha value is -0.870. The predicted octanol–water partition coefficient (Wildman–Crippen LogP) is -0.123. The molecule has 1 rings (SSSR count). The smallest absolute Gasteiger partial charge is 0.355 e. The van der Waals surface area contributed by atoms with Crippen molar-refractivity contribution in [2.24, 2.45) is 5.92 Å². The number of carbonyl (C=O) groups is 1. The molecule has 0 unspecified atom stereocenters. The first-order valence-corrected chi connectivity index (χ1v) is 7.97. The Bertz CT molecular complexity index is 479. The monoisotopic (exact) mass is 331 g/mol. The normalized spacial score (nSPS) is 24.5.